The molecule has 0 unspecified atom stereocenters. The van der Waals surface area contributed by atoms with Gasteiger partial charge in [0.25, 0.3) is 0 Å². The Hall–Kier alpha value is -2.48. The molecule has 172 valence electrons. The van der Waals surface area contributed by atoms with E-state index in [1.165, 1.54) is 0 Å². The summed E-state index contributed by atoms with van der Waals surface area (Å²) < 4.78 is 7.50. The summed E-state index contributed by atoms with van der Waals surface area (Å²) in [5.74, 6) is 1.66. The third kappa shape index (κ3) is 4.76. The summed E-state index contributed by atoms with van der Waals surface area (Å²) in [6, 6.07) is 18.0. The van der Waals surface area contributed by atoms with Crippen molar-refractivity contribution in [3.63, 3.8) is 0 Å². The molecule has 0 aliphatic rings. The lowest BCUT2D eigenvalue weighted by Crippen LogP contribution is -2.08. The van der Waals surface area contributed by atoms with Crippen molar-refractivity contribution in [2.75, 3.05) is 13.7 Å². The minimum absolute atomic E-state index is 0. The Bertz CT molecular complexity index is 1340. The number of ether oxygens (including phenoxy) is 1. The number of hydrogen-bond acceptors (Lipinski definition) is 4. The molecule has 0 bridgehead atoms. The van der Waals surface area contributed by atoms with Crippen molar-refractivity contribution in [1.29, 1.82) is 0 Å². The van der Waals surface area contributed by atoms with Crippen LogP contribution in [0.4, 0.5) is 0 Å². The maximum Gasteiger partial charge on any atom is 0.148 e. The van der Waals surface area contributed by atoms with E-state index in [4.69, 9.17) is 27.1 Å². The summed E-state index contributed by atoms with van der Waals surface area (Å²) >= 11 is 8.03. The van der Waals surface area contributed by atoms with E-state index in [0.717, 1.165) is 56.4 Å². The number of H-pyrrole nitrogens is 1. The van der Waals surface area contributed by atoms with Crippen LogP contribution in [0.2, 0.25) is 5.02 Å². The van der Waals surface area contributed by atoms with Crippen LogP contribution in [-0.2, 0) is 6.54 Å². The normalized spacial score (nSPS) is 10.6. The highest BCUT2D eigenvalue weighted by atomic mass is 35.5. The number of thiophene rings is 1. The molecule has 0 saturated heterocycles. The molecule has 33 heavy (non-hydrogen) atoms. The van der Waals surface area contributed by atoms with Gasteiger partial charge in [0, 0.05) is 46.3 Å². The van der Waals surface area contributed by atoms with Gasteiger partial charge in [-0.25, -0.2) is 4.98 Å². The molecule has 3 heterocycles. The number of nitrogens with zero attached hydrogens (tertiary/aromatic N) is 2. The van der Waals surface area contributed by atoms with Crippen molar-refractivity contribution in [2.45, 2.75) is 6.54 Å². The van der Waals surface area contributed by atoms with Crippen molar-refractivity contribution >= 4 is 58.7 Å². The SMILES string of the molecule is COc1ccc(-c2nc(-c3cccs3)[nH]c2-c2cn(CCN)c3ccc(Cl)cc23)cc1.Cl.Cl. The lowest BCUT2D eigenvalue weighted by atomic mass is 10.0. The fourth-order valence-electron chi connectivity index (χ4n) is 3.85. The molecule has 0 aliphatic carbocycles. The van der Waals surface area contributed by atoms with Gasteiger partial charge in [-0.1, -0.05) is 17.7 Å². The van der Waals surface area contributed by atoms with E-state index in [1.54, 1.807) is 18.4 Å². The highest BCUT2D eigenvalue weighted by molar-refractivity contribution is 7.13. The van der Waals surface area contributed by atoms with Crippen LogP contribution in [0.3, 0.4) is 0 Å². The molecule has 3 aromatic heterocycles. The number of fused-ring (bicyclic) bond motifs is 1. The predicted molar refractivity (Wildman–Crippen MR) is 143 cm³/mol. The molecule has 2 aromatic carbocycles. The fourth-order valence-corrected chi connectivity index (χ4v) is 4.69. The molecule has 0 amide bonds. The first-order valence-corrected chi connectivity index (χ1v) is 11.2. The first-order valence-electron chi connectivity index (χ1n) is 9.95. The monoisotopic (exact) mass is 520 g/mol. The zero-order chi connectivity index (χ0) is 21.4. The van der Waals surface area contributed by atoms with Crippen LogP contribution in [0, 0.1) is 0 Å². The summed E-state index contributed by atoms with van der Waals surface area (Å²) in [5, 5.41) is 3.82. The molecule has 0 radical (unpaired) electrons. The van der Waals surface area contributed by atoms with E-state index in [0.29, 0.717) is 11.6 Å². The van der Waals surface area contributed by atoms with Crippen LogP contribution in [0.15, 0.2) is 66.2 Å². The molecular weight excluding hydrogens is 499 g/mol. The van der Waals surface area contributed by atoms with Crippen molar-refractivity contribution in [3.8, 4) is 39.0 Å². The standard InChI is InChI=1S/C24H21ClN4OS.2ClH/c1-30-17-7-4-15(5-8-17)22-23(28-24(27-22)21-3-2-12-31-21)19-14-29(11-10-26)20-9-6-16(25)13-18(19)20;;/h2-9,12-14H,10-11,26H2,1H3,(H,27,28);2*1H. The van der Waals surface area contributed by atoms with Gasteiger partial charge in [0.1, 0.15) is 11.6 Å². The number of halogens is 3. The van der Waals surface area contributed by atoms with Crippen molar-refractivity contribution < 1.29 is 4.74 Å². The van der Waals surface area contributed by atoms with Gasteiger partial charge in [0.15, 0.2) is 0 Å². The van der Waals surface area contributed by atoms with Crippen LogP contribution in [0.1, 0.15) is 0 Å². The summed E-state index contributed by atoms with van der Waals surface area (Å²) in [4.78, 5) is 9.65. The Kier molecular flexibility index (Phi) is 8.10. The summed E-state index contributed by atoms with van der Waals surface area (Å²) in [6.45, 7) is 1.28. The second kappa shape index (κ2) is 10.6. The molecule has 5 nitrogen and oxygen atoms in total. The number of aromatic nitrogens is 3. The second-order valence-corrected chi connectivity index (χ2v) is 8.59. The quantitative estimate of drug-likeness (QED) is 0.255. The number of nitrogens with two attached hydrogens (primary N) is 1. The van der Waals surface area contributed by atoms with Crippen LogP contribution in [0.5, 0.6) is 5.75 Å². The highest BCUT2D eigenvalue weighted by Gasteiger charge is 2.20. The van der Waals surface area contributed by atoms with E-state index in [-0.39, 0.29) is 24.8 Å². The summed E-state index contributed by atoms with van der Waals surface area (Å²) in [6.07, 6.45) is 2.13. The largest absolute Gasteiger partial charge is 0.497 e. The number of rotatable bonds is 6. The zero-order valence-electron chi connectivity index (χ0n) is 17.7. The van der Waals surface area contributed by atoms with E-state index in [1.807, 2.05) is 48.5 Å². The summed E-state index contributed by atoms with van der Waals surface area (Å²) in [7, 11) is 1.67. The minimum Gasteiger partial charge on any atom is -0.497 e. The smallest absolute Gasteiger partial charge is 0.148 e. The van der Waals surface area contributed by atoms with Crippen molar-refractivity contribution in [3.05, 3.63) is 71.2 Å². The number of imidazole rings is 1. The molecule has 0 fully saturated rings. The lowest BCUT2D eigenvalue weighted by Gasteiger charge is -2.04. The van der Waals surface area contributed by atoms with Crippen LogP contribution < -0.4 is 10.5 Å². The van der Waals surface area contributed by atoms with Gasteiger partial charge in [-0.3, -0.25) is 0 Å². The number of nitrogens with one attached hydrogen (secondary N) is 1. The Balaban J connectivity index is 0.00000153. The van der Waals surface area contributed by atoms with E-state index >= 15 is 0 Å². The lowest BCUT2D eigenvalue weighted by molar-refractivity contribution is 0.415. The van der Waals surface area contributed by atoms with Gasteiger partial charge in [-0.05, 0) is 53.9 Å². The maximum atomic E-state index is 6.37. The number of benzene rings is 2. The first-order chi connectivity index (χ1) is 15.2. The first kappa shape index (κ1) is 25.1. The Morgan fingerprint density at radius 1 is 1.12 bits per heavy atom. The highest BCUT2D eigenvalue weighted by Crippen LogP contribution is 2.39. The average Bonchev–Trinajstić information content (AvgIpc) is 3.53. The van der Waals surface area contributed by atoms with Gasteiger partial charge >= 0.3 is 0 Å². The molecular formula is C24H23Cl3N4OS. The number of methoxy groups -OCH3 is 1. The Morgan fingerprint density at radius 3 is 2.58 bits per heavy atom. The van der Waals surface area contributed by atoms with Gasteiger partial charge in [0.05, 0.1) is 23.4 Å². The Morgan fingerprint density at radius 2 is 1.91 bits per heavy atom. The van der Waals surface area contributed by atoms with Crippen LogP contribution >= 0.6 is 47.8 Å². The topological polar surface area (TPSA) is 68.9 Å². The summed E-state index contributed by atoms with van der Waals surface area (Å²) in [5.41, 5.74) is 10.9. The van der Waals surface area contributed by atoms with Gasteiger partial charge in [-0.15, -0.1) is 36.2 Å². The zero-order valence-corrected chi connectivity index (χ0v) is 21.0. The van der Waals surface area contributed by atoms with Crippen LogP contribution in [0.25, 0.3) is 44.1 Å². The van der Waals surface area contributed by atoms with E-state index in [2.05, 4.69) is 27.2 Å². The average molecular weight is 522 g/mol. The molecule has 3 N–H and O–H groups in total. The molecule has 0 spiro atoms. The third-order valence-electron chi connectivity index (χ3n) is 5.30. The maximum absolute atomic E-state index is 6.37. The fraction of sp³-hybridized carbons (Fsp3) is 0.125. The molecule has 0 aliphatic heterocycles. The van der Waals surface area contributed by atoms with E-state index in [9.17, 15) is 0 Å². The van der Waals surface area contributed by atoms with Crippen molar-refractivity contribution in [2.24, 2.45) is 5.73 Å². The second-order valence-electron chi connectivity index (χ2n) is 7.20. The van der Waals surface area contributed by atoms with Crippen molar-refractivity contribution in [1.82, 2.24) is 14.5 Å². The van der Waals surface area contributed by atoms with Crippen LogP contribution in [-0.4, -0.2) is 28.2 Å². The number of aromatic amines is 1. The van der Waals surface area contributed by atoms with E-state index < -0.39 is 0 Å². The van der Waals surface area contributed by atoms with Gasteiger partial charge in [0.2, 0.25) is 0 Å². The van der Waals surface area contributed by atoms with Gasteiger partial charge < -0.3 is 20.0 Å². The third-order valence-corrected chi connectivity index (χ3v) is 6.42. The molecule has 5 rings (SSSR count). The molecule has 0 saturated carbocycles. The molecule has 0 atom stereocenters. The molecule has 5 aromatic rings. The van der Waals surface area contributed by atoms with Gasteiger partial charge in [-0.2, -0.15) is 0 Å². The Labute approximate surface area is 213 Å². The number of hydrogen-bond donors (Lipinski definition) is 2. The predicted octanol–water partition coefficient (Wildman–Crippen LogP) is 6.89. The molecule has 9 heteroatoms. The minimum atomic E-state index is 0.